The van der Waals surface area contributed by atoms with Crippen molar-refractivity contribution in [1.29, 1.82) is 0 Å². The minimum Gasteiger partial charge on any atom is -0.376 e. The monoisotopic (exact) mass is 1950 g/mol. The van der Waals surface area contributed by atoms with Gasteiger partial charge >= 0.3 is 0 Å². The maximum Gasteiger partial charge on any atom is 0 e. The molecule has 0 saturated heterocycles. The normalized spacial score (nSPS) is 10.4. The van der Waals surface area contributed by atoms with Gasteiger partial charge in [0.15, 0.2) is 0 Å². The van der Waals surface area contributed by atoms with E-state index in [2.05, 4.69) is 437 Å². The Kier molecular flexibility index (Phi) is 57.7. The van der Waals surface area contributed by atoms with Gasteiger partial charge in [-0.05, 0) is 301 Å². The van der Waals surface area contributed by atoms with E-state index in [-0.39, 0.29) is 65.4 Å². The molecule has 0 nitrogen and oxygen atoms in total. The van der Waals surface area contributed by atoms with Crippen molar-refractivity contribution >= 4 is 129 Å². The molecule has 0 aromatic heterocycles. The molecule has 0 fully saturated rings. The molecule has 0 heterocycles. The van der Waals surface area contributed by atoms with Crippen LogP contribution in [-0.4, -0.2) is 0 Å². The van der Waals surface area contributed by atoms with Gasteiger partial charge in [-0.1, -0.05) is 416 Å². The first-order valence-corrected chi connectivity index (χ1v) is 49.2. The SMILES string of the molecule is CC.CC.CC.CC.CC.CC.CC.C[C-]=C(C)C(C)=[C-]C.C[C-]=C(C)C(C)=[C-]C.Cc1c2ccccc2c(C)c2ccccc12.Cc1cc2ccccc2cc1C.Cc1ccc2c(c1)cc(C)c1ccccc12.Cc1ccc2c(ccc3cc(C)ccc32)c1.Cc1ccc2cc3cc(C)ccc3cc2c1.Cc1ccc2ccccc2c1C.Cc1cccc2cc3c(C)cccc3cc12.[Y].[Y]. The summed E-state index contributed by atoms with van der Waals surface area (Å²) in [6.45, 7) is 74.1. The van der Waals surface area contributed by atoms with Gasteiger partial charge in [-0.25, -0.2) is 0 Å². The van der Waals surface area contributed by atoms with E-state index >= 15 is 0 Å². The summed E-state index contributed by atoms with van der Waals surface area (Å²) in [7, 11) is 0. The zero-order chi connectivity index (χ0) is 99.8. The third-order valence-electron chi connectivity index (χ3n) is 23.7. The van der Waals surface area contributed by atoms with Crippen LogP contribution in [0.3, 0.4) is 0 Å². The van der Waals surface area contributed by atoms with Crippen molar-refractivity contribution in [3.63, 3.8) is 0 Å². The van der Waals surface area contributed by atoms with Crippen LogP contribution in [0, 0.1) is 121 Å². The van der Waals surface area contributed by atoms with Gasteiger partial charge < -0.3 is 46.6 Å². The summed E-state index contributed by atoms with van der Waals surface area (Å²) in [5, 5.41) is 32.3. The Balaban J connectivity index is 0.000000512. The van der Waals surface area contributed by atoms with Crippen molar-refractivity contribution in [1.82, 2.24) is 0 Å². The van der Waals surface area contributed by atoms with Crippen molar-refractivity contribution in [2.75, 3.05) is 0 Å². The molecule has 706 valence electrons. The molecule has 19 rings (SSSR count). The number of rotatable bonds is 2. The fourth-order valence-corrected chi connectivity index (χ4v) is 15.6. The van der Waals surface area contributed by atoms with Crippen LogP contribution in [0.15, 0.2) is 338 Å². The minimum absolute atomic E-state index is 0. The zero-order valence-corrected chi connectivity index (χ0v) is 95.9. The topological polar surface area (TPSA) is 0 Å². The second kappa shape index (κ2) is 64.5. The van der Waals surface area contributed by atoms with Gasteiger partial charge in [-0.2, -0.15) is 0 Å². The van der Waals surface area contributed by atoms with E-state index < -0.39 is 0 Å². The van der Waals surface area contributed by atoms with Gasteiger partial charge in [0.1, 0.15) is 0 Å². The molecule has 2 radical (unpaired) electrons. The Bertz CT molecular complexity index is 6600. The quantitative estimate of drug-likeness (QED) is 0.0700. The Morgan fingerprint density at radius 3 is 0.735 bits per heavy atom. The van der Waals surface area contributed by atoms with Gasteiger partial charge in [0.2, 0.25) is 0 Å². The molecule has 0 amide bonds. The van der Waals surface area contributed by atoms with Crippen LogP contribution in [0.4, 0.5) is 0 Å². The van der Waals surface area contributed by atoms with E-state index in [9.17, 15) is 0 Å². The van der Waals surface area contributed by atoms with Gasteiger partial charge in [-0.15, -0.1) is 55.4 Å². The molecule has 0 N–H and O–H groups in total. The summed E-state index contributed by atoms with van der Waals surface area (Å²) < 4.78 is 0. The summed E-state index contributed by atoms with van der Waals surface area (Å²) in [6, 6.07) is 114. The van der Waals surface area contributed by atoms with E-state index in [0.717, 1.165) is 0 Å². The van der Waals surface area contributed by atoms with Crippen molar-refractivity contribution in [3.05, 3.63) is 440 Å². The molecular formula is C134H160Y2-4. The number of benzene rings is 19. The third-order valence-corrected chi connectivity index (χ3v) is 23.7. The molecule has 2 heteroatoms. The second-order valence-electron chi connectivity index (χ2n) is 32.3. The number of hydrogen-bond acceptors (Lipinski definition) is 0. The Morgan fingerprint density at radius 2 is 0.390 bits per heavy atom. The summed E-state index contributed by atoms with van der Waals surface area (Å²) in [5.74, 6) is 0. The van der Waals surface area contributed by atoms with E-state index in [1.165, 1.54) is 229 Å². The number of hydrogen-bond donors (Lipinski definition) is 0. The third kappa shape index (κ3) is 34.6. The Hall–Kier alpha value is -10.5. The standard InChI is InChI=1S/5C16H14.2C12H12.2C8H12.7C2H6.2Y/c1-11-3-7-15-13(9-11)5-6-14-10-12(2)4-8-16(14)15;1-11-3-5-13-10-16-8-12(2)4-6-14(16)9-15(13)7-11;1-11-5-3-7-13-10-16-12(2)6-4-8-14(16)9-15(11)13;1-11-13-7-3-5-9-15(13)12(2)16-10-6-4-8-14(11)16;1-11-7-8-15-13(9-11)10-12(2)14-5-3-4-6-16(14)15;1-9-7-11-5-3-4-6-12(11)8-10(9)2;1-9-7-8-11-5-3-4-6-12(11)10(9)2;2*1-5-7(3)8(4)6-2;7*1-2;;/h5*3-10H,1-2H3;2*3-8H,1-2H3;2*1-4H3;7*1-2H3;;/q;;;;;;;2*-2;;;;;;;;;. The molecule has 0 spiro atoms. The maximum absolute atomic E-state index is 3.03. The van der Waals surface area contributed by atoms with Gasteiger partial charge in [0.25, 0.3) is 0 Å². The van der Waals surface area contributed by atoms with Crippen LogP contribution in [0.2, 0.25) is 0 Å². The summed E-state index contributed by atoms with van der Waals surface area (Å²) in [5.41, 5.74) is 23.7. The predicted molar refractivity (Wildman–Crippen MR) is 613 cm³/mol. The zero-order valence-electron chi connectivity index (χ0n) is 90.2. The van der Waals surface area contributed by atoms with Crippen LogP contribution in [0.25, 0.3) is 129 Å². The summed E-state index contributed by atoms with van der Waals surface area (Å²) in [4.78, 5) is 0. The minimum atomic E-state index is 0. The van der Waals surface area contributed by atoms with Crippen molar-refractivity contribution in [3.8, 4) is 0 Å². The fraction of sp³-hybridized carbons (Fsp3) is 0.269. The molecule has 0 aliphatic rings. The number of fused-ring (bicyclic) bond motifs is 14. The molecule has 19 aromatic rings. The predicted octanol–water partition coefficient (Wildman–Crippen LogP) is 42.2. The first-order valence-electron chi connectivity index (χ1n) is 49.2. The molecule has 0 unspecified atom stereocenters. The molecule has 0 atom stereocenters. The van der Waals surface area contributed by atoms with E-state index in [0.29, 0.717) is 0 Å². The molecule has 0 saturated carbocycles. The van der Waals surface area contributed by atoms with Crippen LogP contribution in [0.1, 0.15) is 230 Å². The van der Waals surface area contributed by atoms with Crippen molar-refractivity contribution in [2.45, 2.75) is 249 Å². The molecular weight excluding hydrogens is 1790 g/mol. The Labute approximate surface area is 875 Å². The summed E-state index contributed by atoms with van der Waals surface area (Å²) in [6.07, 6.45) is 12.1. The molecule has 19 aromatic carbocycles. The number of aryl methyl sites for hydroxylation is 14. The maximum atomic E-state index is 3.03. The fourth-order valence-electron chi connectivity index (χ4n) is 15.6. The van der Waals surface area contributed by atoms with Gasteiger partial charge in [0, 0.05) is 65.4 Å². The van der Waals surface area contributed by atoms with Crippen LogP contribution < -0.4 is 0 Å². The van der Waals surface area contributed by atoms with E-state index in [4.69, 9.17) is 0 Å². The smallest absolute Gasteiger partial charge is 0 e. The summed E-state index contributed by atoms with van der Waals surface area (Å²) >= 11 is 0. The first-order chi connectivity index (χ1) is 64.7. The van der Waals surface area contributed by atoms with Gasteiger partial charge in [-0.3, -0.25) is 0 Å². The van der Waals surface area contributed by atoms with Crippen LogP contribution in [0.5, 0.6) is 0 Å². The second-order valence-corrected chi connectivity index (χ2v) is 32.3. The molecule has 0 aliphatic heterocycles. The number of allylic oxidation sites excluding steroid dienone is 8. The average molecular weight is 1950 g/mol. The molecule has 136 heavy (non-hydrogen) atoms. The van der Waals surface area contributed by atoms with Crippen LogP contribution >= 0.6 is 0 Å². The molecule has 0 bridgehead atoms. The van der Waals surface area contributed by atoms with E-state index in [1.54, 1.807) is 0 Å². The van der Waals surface area contributed by atoms with Gasteiger partial charge in [0.05, 0.1) is 0 Å². The Morgan fingerprint density at radius 1 is 0.147 bits per heavy atom. The van der Waals surface area contributed by atoms with E-state index in [1.807, 2.05) is 152 Å². The average Bonchev–Trinajstić information content (AvgIpc) is 0.748. The molecule has 0 aliphatic carbocycles. The van der Waals surface area contributed by atoms with Crippen molar-refractivity contribution < 1.29 is 65.4 Å². The van der Waals surface area contributed by atoms with Crippen molar-refractivity contribution in [2.24, 2.45) is 0 Å². The van der Waals surface area contributed by atoms with Crippen LogP contribution in [-0.2, 0) is 65.4 Å². The first kappa shape index (κ1) is 122. The largest absolute Gasteiger partial charge is 0.376 e.